The van der Waals surface area contributed by atoms with Gasteiger partial charge in [0.2, 0.25) is 0 Å². The fraction of sp³-hybridized carbons (Fsp3) is 1.00. The molecule has 0 radical (unpaired) electrons. The maximum absolute atomic E-state index is 10.7. The van der Waals surface area contributed by atoms with Gasteiger partial charge in [-0.1, -0.05) is 41.5 Å². The van der Waals surface area contributed by atoms with E-state index >= 15 is 0 Å². The maximum Gasteiger partial charge on any atom is 0.147 e. The Bertz CT molecular complexity index is 1510. The third kappa shape index (κ3) is 15.4. The Hall–Kier alpha value is -0.440. The Morgan fingerprint density at radius 3 is 0.887 bits per heavy atom. The zero-order chi connectivity index (χ0) is 49.4. The van der Waals surface area contributed by atoms with Crippen LogP contribution in [0.1, 0.15) is 196 Å². The van der Waals surface area contributed by atoms with Crippen LogP contribution in [0.4, 0.5) is 0 Å². The van der Waals surface area contributed by atoms with Crippen LogP contribution in [0, 0.1) is 63.6 Å². The molecule has 10 fully saturated rings. The van der Waals surface area contributed by atoms with Crippen LogP contribution in [0.15, 0.2) is 0 Å². The highest BCUT2D eigenvalue weighted by molar-refractivity contribution is 4.95. The van der Waals surface area contributed by atoms with E-state index in [9.17, 15) is 5.11 Å². The summed E-state index contributed by atoms with van der Waals surface area (Å²) in [5, 5.41) is 10.7. The Balaban J connectivity index is 0.000000209. The highest BCUT2D eigenvalue weighted by Gasteiger charge is 2.45. The van der Waals surface area contributed by atoms with Crippen molar-refractivity contribution in [2.75, 3.05) is 66.4 Å². The summed E-state index contributed by atoms with van der Waals surface area (Å²) in [6.07, 6.45) is 32.6. The van der Waals surface area contributed by atoms with Crippen molar-refractivity contribution < 1.29 is 52.5 Å². The average Bonchev–Trinajstić information content (AvgIpc) is 4.29. The molecule has 0 bridgehead atoms. The number of hydrogen-bond acceptors (Lipinski definition) is 11. The van der Waals surface area contributed by atoms with Crippen LogP contribution in [-0.2, 0) is 47.4 Å². The number of ether oxygens (including phenoxy) is 10. The van der Waals surface area contributed by atoms with Crippen molar-refractivity contribution in [1.82, 2.24) is 0 Å². The molecule has 0 aromatic heterocycles. The topological polar surface area (TPSA) is 119 Å². The van der Waals surface area contributed by atoms with Gasteiger partial charge in [-0.15, -0.1) is 0 Å². The normalized spacial score (nSPS) is 40.9. The van der Waals surface area contributed by atoms with Crippen molar-refractivity contribution in [2.24, 2.45) is 63.6 Å². The van der Waals surface area contributed by atoms with Crippen molar-refractivity contribution >= 4 is 0 Å². The van der Waals surface area contributed by atoms with E-state index in [1.807, 2.05) is 0 Å². The quantitative estimate of drug-likeness (QED) is 0.117. The van der Waals surface area contributed by atoms with Crippen molar-refractivity contribution in [1.29, 1.82) is 0 Å². The molecule has 11 heteroatoms. The first-order valence-electron chi connectivity index (χ1n) is 30.1. The molecular weight excluding hydrogens is 897 g/mol. The number of rotatable bonds is 20. The van der Waals surface area contributed by atoms with E-state index < -0.39 is 6.10 Å². The molecule has 0 spiro atoms. The summed E-state index contributed by atoms with van der Waals surface area (Å²) in [7, 11) is 0. The molecule has 4 heterocycles. The molecule has 6 saturated carbocycles. The first-order valence-corrected chi connectivity index (χ1v) is 30.1. The summed E-state index contributed by atoms with van der Waals surface area (Å²) < 4.78 is 57.6. The fourth-order valence-corrected chi connectivity index (χ4v) is 16.0. The fourth-order valence-electron chi connectivity index (χ4n) is 16.0. The van der Waals surface area contributed by atoms with E-state index in [0.29, 0.717) is 85.6 Å². The predicted octanol–water partition coefficient (Wildman–Crippen LogP) is 11.9. The van der Waals surface area contributed by atoms with Crippen molar-refractivity contribution in [3.05, 3.63) is 0 Å². The summed E-state index contributed by atoms with van der Waals surface area (Å²) in [4.78, 5) is 0. The molecule has 6 aliphatic carbocycles. The zero-order valence-electron chi connectivity index (χ0n) is 45.9. The second-order valence-electron chi connectivity index (χ2n) is 26.9. The van der Waals surface area contributed by atoms with Gasteiger partial charge in [0, 0.05) is 0 Å². The van der Waals surface area contributed by atoms with Crippen LogP contribution in [0.3, 0.4) is 0 Å². The van der Waals surface area contributed by atoms with Crippen LogP contribution in [0.2, 0.25) is 0 Å². The summed E-state index contributed by atoms with van der Waals surface area (Å²) in [5.41, 5.74) is 1.21. The third-order valence-corrected chi connectivity index (χ3v) is 21.8. The van der Waals surface area contributed by atoms with E-state index in [1.54, 1.807) is 0 Å². The first-order chi connectivity index (χ1) is 34.3. The van der Waals surface area contributed by atoms with Gasteiger partial charge in [-0.05, 0) is 218 Å². The second-order valence-corrected chi connectivity index (χ2v) is 26.9. The Labute approximate surface area is 431 Å². The van der Waals surface area contributed by atoms with E-state index in [-0.39, 0.29) is 12.2 Å². The Kier molecular flexibility index (Phi) is 20.1. The molecule has 0 aromatic carbocycles. The summed E-state index contributed by atoms with van der Waals surface area (Å²) in [5.74, 6) is 6.27. The van der Waals surface area contributed by atoms with Gasteiger partial charge in [-0.25, -0.2) is 0 Å². The van der Waals surface area contributed by atoms with Crippen molar-refractivity contribution in [3.8, 4) is 0 Å². The standard InChI is InChI=1S/C39H68O7.C21H36O4/c1-38(2,28-7-5-27(6-8-28)37-25-41-26-46-37)29-9-15-33(16-10-29)42-21-32(40)22-43-34-17-11-30(12-18-34)39(3,4)31-13-19-35(20-14-31)44-23-36-24-45-36;1-21(2,16-5-3-15(4-6-16)20-13-22-14-25-20)17-7-9-18(10-8-17)23-11-19-12-24-19/h27-37,40H,5-26H2,1-4H3;15-20H,3-14H2,1-2H3. The van der Waals surface area contributed by atoms with Crippen LogP contribution in [0.25, 0.3) is 0 Å². The van der Waals surface area contributed by atoms with E-state index in [4.69, 9.17) is 47.4 Å². The highest BCUT2D eigenvalue weighted by Crippen LogP contribution is 2.53. The van der Waals surface area contributed by atoms with Crippen molar-refractivity contribution in [3.63, 3.8) is 0 Å². The number of epoxide rings is 2. The largest absolute Gasteiger partial charge is 0.388 e. The lowest BCUT2D eigenvalue weighted by Crippen LogP contribution is -2.40. The lowest BCUT2D eigenvalue weighted by Gasteiger charge is -2.47. The molecule has 11 nitrogen and oxygen atoms in total. The molecular formula is C60H104O11. The minimum absolute atomic E-state index is 0.280. The lowest BCUT2D eigenvalue weighted by molar-refractivity contribution is -0.0875. The minimum atomic E-state index is -0.531. The van der Waals surface area contributed by atoms with Gasteiger partial charge < -0.3 is 52.5 Å². The molecule has 1 N–H and O–H groups in total. The van der Waals surface area contributed by atoms with E-state index in [0.717, 1.165) is 107 Å². The monoisotopic (exact) mass is 1000 g/mol. The predicted molar refractivity (Wildman–Crippen MR) is 276 cm³/mol. The van der Waals surface area contributed by atoms with Gasteiger partial charge in [0.05, 0.1) is 89.5 Å². The molecule has 0 amide bonds. The smallest absolute Gasteiger partial charge is 0.147 e. The van der Waals surface area contributed by atoms with Gasteiger partial charge in [-0.3, -0.25) is 0 Å². The van der Waals surface area contributed by atoms with Crippen LogP contribution in [-0.4, -0.2) is 126 Å². The number of aliphatic hydroxyl groups is 1. The maximum atomic E-state index is 10.7. The van der Waals surface area contributed by atoms with E-state index in [2.05, 4.69) is 41.5 Å². The minimum Gasteiger partial charge on any atom is -0.388 e. The Morgan fingerprint density at radius 1 is 0.366 bits per heavy atom. The summed E-state index contributed by atoms with van der Waals surface area (Å²) in [6, 6.07) is 0. The Morgan fingerprint density at radius 2 is 0.634 bits per heavy atom. The molecule has 4 saturated heterocycles. The SMILES string of the molecule is CC(C)(C1CCC(OCC(O)COC2CCC(C(C)(C)C3CCC(C4COCO4)CC3)CC2)CC1)C1CCC(OCC2CO2)CC1.CC(C)(C1CCC(OCC2CO2)CC1)C1CCC(C2COCO2)CC1. The van der Waals surface area contributed by atoms with Gasteiger partial charge >= 0.3 is 0 Å². The third-order valence-electron chi connectivity index (χ3n) is 21.8. The van der Waals surface area contributed by atoms with Crippen LogP contribution >= 0.6 is 0 Å². The van der Waals surface area contributed by atoms with Crippen LogP contribution < -0.4 is 0 Å². The number of hydrogen-bond donors (Lipinski definition) is 1. The molecule has 10 rings (SSSR count). The average molecular weight is 1000 g/mol. The first kappa shape index (κ1) is 55.3. The van der Waals surface area contributed by atoms with Crippen molar-refractivity contribution in [2.45, 2.75) is 251 Å². The molecule has 10 aliphatic rings. The summed E-state index contributed by atoms with van der Waals surface area (Å²) in [6.45, 7) is 22.0. The van der Waals surface area contributed by atoms with Gasteiger partial charge in [0.25, 0.3) is 0 Å². The molecule has 5 atom stereocenters. The highest BCUT2D eigenvalue weighted by atomic mass is 16.7. The molecule has 71 heavy (non-hydrogen) atoms. The van der Waals surface area contributed by atoms with E-state index in [1.165, 1.54) is 128 Å². The summed E-state index contributed by atoms with van der Waals surface area (Å²) >= 11 is 0. The second kappa shape index (κ2) is 25.8. The molecule has 4 aliphatic heterocycles. The molecule has 0 aromatic rings. The van der Waals surface area contributed by atoms with Gasteiger partial charge in [0.15, 0.2) is 0 Å². The van der Waals surface area contributed by atoms with Crippen LogP contribution in [0.5, 0.6) is 0 Å². The lowest BCUT2D eigenvalue weighted by atomic mass is 9.59. The zero-order valence-corrected chi connectivity index (χ0v) is 45.9. The van der Waals surface area contributed by atoms with Gasteiger partial charge in [-0.2, -0.15) is 0 Å². The number of aliphatic hydroxyl groups excluding tert-OH is 1. The molecule has 5 unspecified atom stereocenters. The van der Waals surface area contributed by atoms with Gasteiger partial charge in [0.1, 0.15) is 31.9 Å². The molecule has 410 valence electrons.